The Morgan fingerprint density at radius 2 is 2.12 bits per heavy atom. The van der Waals surface area contributed by atoms with E-state index in [0.29, 0.717) is 33.5 Å². The molecule has 0 bridgehead atoms. The number of allylic oxidation sites excluding steroid dienone is 3. The largest absolute Gasteiger partial charge is 0.366 e. The predicted octanol–water partition coefficient (Wildman–Crippen LogP) is 3.22. The third-order valence-electron chi connectivity index (χ3n) is 5.33. The fourth-order valence-electron chi connectivity index (χ4n) is 3.87. The summed E-state index contributed by atoms with van der Waals surface area (Å²) in [5, 5.41) is 12.5. The molecule has 0 spiro atoms. The second kappa shape index (κ2) is 8.58. The molecule has 0 saturated heterocycles. The number of tetrazole rings is 1. The van der Waals surface area contributed by atoms with Gasteiger partial charge in [-0.2, -0.15) is 9.07 Å². The van der Waals surface area contributed by atoms with Crippen LogP contribution in [-0.2, 0) is 16.6 Å². The molecule has 0 aliphatic heterocycles. The van der Waals surface area contributed by atoms with Crippen LogP contribution < -0.4 is 5.73 Å². The number of hydrogen-bond acceptors (Lipinski definition) is 6. The van der Waals surface area contributed by atoms with Crippen LogP contribution in [0.5, 0.6) is 0 Å². The van der Waals surface area contributed by atoms with E-state index < -0.39 is 17.3 Å². The zero-order valence-electron chi connectivity index (χ0n) is 17.5. The van der Waals surface area contributed by atoms with Crippen molar-refractivity contribution in [2.24, 2.45) is 5.73 Å². The minimum absolute atomic E-state index is 0.0335. The highest BCUT2D eigenvalue weighted by Crippen LogP contribution is 2.41. The smallest absolute Gasteiger partial charge is 0.244 e. The molecule has 164 valence electrons. The van der Waals surface area contributed by atoms with Crippen molar-refractivity contribution in [3.05, 3.63) is 82.4 Å². The SMILES string of the molecule is CC(C)c1nnnn1C1=CC(Cc2cccc(F)n2)(c2ccc(Cl)cn2)CC(C(N)=O)=C1. The molecule has 1 unspecified atom stereocenters. The van der Waals surface area contributed by atoms with Crippen LogP contribution >= 0.6 is 11.6 Å². The molecule has 1 aliphatic rings. The Labute approximate surface area is 189 Å². The number of carbonyl (C=O) groups excluding carboxylic acids is 1. The number of nitrogens with two attached hydrogens (primary N) is 1. The van der Waals surface area contributed by atoms with Gasteiger partial charge in [0.05, 0.1) is 16.4 Å². The highest BCUT2D eigenvalue weighted by atomic mass is 35.5. The number of hydrogen-bond donors (Lipinski definition) is 1. The van der Waals surface area contributed by atoms with E-state index >= 15 is 0 Å². The molecule has 32 heavy (non-hydrogen) atoms. The van der Waals surface area contributed by atoms with E-state index in [1.165, 1.54) is 12.3 Å². The number of aromatic nitrogens is 6. The van der Waals surface area contributed by atoms with Gasteiger partial charge in [-0.05, 0) is 53.3 Å². The van der Waals surface area contributed by atoms with Crippen molar-refractivity contribution < 1.29 is 9.18 Å². The Balaban J connectivity index is 1.93. The lowest BCUT2D eigenvalue weighted by atomic mass is 9.71. The minimum atomic E-state index is -0.861. The van der Waals surface area contributed by atoms with Crippen molar-refractivity contribution in [3.63, 3.8) is 0 Å². The molecule has 1 amide bonds. The Morgan fingerprint density at radius 3 is 2.78 bits per heavy atom. The molecule has 3 aromatic heterocycles. The Hall–Kier alpha value is -3.46. The molecule has 10 heteroatoms. The van der Waals surface area contributed by atoms with E-state index in [4.69, 9.17) is 17.3 Å². The lowest BCUT2D eigenvalue weighted by Gasteiger charge is -2.34. The third-order valence-corrected chi connectivity index (χ3v) is 5.55. The summed E-state index contributed by atoms with van der Waals surface area (Å²) in [5.74, 6) is -0.499. The average Bonchev–Trinajstić information content (AvgIpc) is 3.24. The topological polar surface area (TPSA) is 112 Å². The highest BCUT2D eigenvalue weighted by molar-refractivity contribution is 6.30. The van der Waals surface area contributed by atoms with Crippen LogP contribution in [-0.4, -0.2) is 36.1 Å². The maximum Gasteiger partial charge on any atom is 0.244 e. The number of pyridine rings is 2. The second-order valence-corrected chi connectivity index (χ2v) is 8.47. The summed E-state index contributed by atoms with van der Waals surface area (Å²) >= 11 is 6.07. The van der Waals surface area contributed by atoms with Crippen LogP contribution in [0.1, 0.15) is 43.4 Å². The molecule has 3 aromatic rings. The van der Waals surface area contributed by atoms with Gasteiger partial charge in [0.15, 0.2) is 5.82 Å². The quantitative estimate of drug-likeness (QED) is 0.573. The lowest BCUT2D eigenvalue weighted by Crippen LogP contribution is -2.35. The van der Waals surface area contributed by atoms with Gasteiger partial charge < -0.3 is 5.73 Å². The summed E-state index contributed by atoms with van der Waals surface area (Å²) in [6.45, 7) is 3.93. The molecule has 8 nitrogen and oxygen atoms in total. The number of halogens is 2. The second-order valence-electron chi connectivity index (χ2n) is 8.03. The maximum absolute atomic E-state index is 13.9. The predicted molar refractivity (Wildman–Crippen MR) is 117 cm³/mol. The Kier molecular flexibility index (Phi) is 5.84. The van der Waals surface area contributed by atoms with Gasteiger partial charge in [-0.15, -0.1) is 5.10 Å². The minimum Gasteiger partial charge on any atom is -0.366 e. The fourth-order valence-corrected chi connectivity index (χ4v) is 3.99. The maximum atomic E-state index is 13.9. The van der Waals surface area contributed by atoms with E-state index in [9.17, 15) is 9.18 Å². The summed E-state index contributed by atoms with van der Waals surface area (Å²) in [6.07, 6.45) is 5.66. The van der Waals surface area contributed by atoms with Crippen LogP contribution in [0.3, 0.4) is 0 Å². The zero-order chi connectivity index (χ0) is 22.9. The number of carbonyl (C=O) groups is 1. The normalized spacial score (nSPS) is 18.4. The average molecular weight is 454 g/mol. The van der Waals surface area contributed by atoms with Crippen molar-refractivity contribution in [3.8, 4) is 0 Å². The summed E-state index contributed by atoms with van der Waals surface area (Å²) in [5.41, 5.74) is 6.94. The first kappa shape index (κ1) is 21.8. The molecule has 1 aliphatic carbocycles. The Morgan fingerprint density at radius 1 is 1.31 bits per heavy atom. The molecule has 0 fully saturated rings. The lowest BCUT2D eigenvalue weighted by molar-refractivity contribution is -0.114. The molecule has 1 atom stereocenters. The van der Waals surface area contributed by atoms with Crippen LogP contribution in [0.4, 0.5) is 4.39 Å². The van der Waals surface area contributed by atoms with E-state index in [-0.39, 0.29) is 18.8 Å². The number of rotatable bonds is 6. The summed E-state index contributed by atoms with van der Waals surface area (Å²) in [7, 11) is 0. The summed E-state index contributed by atoms with van der Waals surface area (Å²) in [6, 6.07) is 8.10. The molecule has 3 heterocycles. The monoisotopic (exact) mass is 453 g/mol. The first-order valence-electron chi connectivity index (χ1n) is 10.0. The molecule has 4 rings (SSSR count). The van der Waals surface area contributed by atoms with E-state index in [1.54, 1.807) is 35.0 Å². The first-order valence-corrected chi connectivity index (χ1v) is 10.4. The van der Waals surface area contributed by atoms with Crippen LogP contribution in [0.2, 0.25) is 5.02 Å². The van der Waals surface area contributed by atoms with E-state index in [2.05, 4.69) is 25.5 Å². The number of amides is 1. The van der Waals surface area contributed by atoms with Crippen molar-refractivity contribution in [1.82, 2.24) is 30.2 Å². The van der Waals surface area contributed by atoms with E-state index in [0.717, 1.165) is 0 Å². The first-order chi connectivity index (χ1) is 15.3. The van der Waals surface area contributed by atoms with Crippen LogP contribution in [0.15, 0.2) is 54.3 Å². The van der Waals surface area contributed by atoms with Gasteiger partial charge in [0.2, 0.25) is 11.9 Å². The van der Waals surface area contributed by atoms with E-state index in [1.807, 2.05) is 19.9 Å². The van der Waals surface area contributed by atoms with Crippen LogP contribution in [0.25, 0.3) is 5.70 Å². The Bertz CT molecular complexity index is 1220. The van der Waals surface area contributed by atoms with Gasteiger partial charge in [0.1, 0.15) is 0 Å². The number of nitrogens with zero attached hydrogens (tertiary/aromatic N) is 6. The fraction of sp³-hybridized carbons (Fsp3) is 0.273. The van der Waals surface area contributed by atoms with Crippen molar-refractivity contribution in [1.29, 1.82) is 0 Å². The highest BCUT2D eigenvalue weighted by Gasteiger charge is 2.38. The van der Waals surface area contributed by atoms with Gasteiger partial charge in [-0.3, -0.25) is 9.78 Å². The molecule has 2 N–H and O–H groups in total. The zero-order valence-corrected chi connectivity index (χ0v) is 18.3. The molecule has 0 radical (unpaired) electrons. The molecule has 0 aromatic carbocycles. The van der Waals surface area contributed by atoms with Crippen molar-refractivity contribution in [2.45, 2.75) is 38.0 Å². The van der Waals surface area contributed by atoms with Gasteiger partial charge in [0.25, 0.3) is 0 Å². The van der Waals surface area contributed by atoms with Gasteiger partial charge in [-0.25, -0.2) is 4.98 Å². The van der Waals surface area contributed by atoms with Gasteiger partial charge >= 0.3 is 0 Å². The van der Waals surface area contributed by atoms with Gasteiger partial charge in [0, 0.05) is 35.2 Å². The summed E-state index contributed by atoms with van der Waals surface area (Å²) < 4.78 is 15.5. The van der Waals surface area contributed by atoms with Crippen LogP contribution in [0, 0.1) is 5.95 Å². The third kappa shape index (κ3) is 4.29. The van der Waals surface area contributed by atoms with Gasteiger partial charge in [-0.1, -0.05) is 31.5 Å². The van der Waals surface area contributed by atoms with Crippen molar-refractivity contribution in [2.75, 3.05) is 0 Å². The van der Waals surface area contributed by atoms with Crippen molar-refractivity contribution >= 4 is 23.2 Å². The standard InChI is InChI=1S/C22H21ClFN7O/c1-13(2)21-28-29-30-31(21)17-8-14(20(25)32)9-22(11-17,18-7-6-15(23)12-26-18)10-16-4-3-5-19(24)27-16/h3-8,11-13H,9-10H2,1-2H3,(H2,25,32). The number of primary amides is 1. The molecule has 0 saturated carbocycles. The molecular weight excluding hydrogens is 433 g/mol. The summed E-state index contributed by atoms with van der Waals surface area (Å²) in [4.78, 5) is 20.9. The molecular formula is C22H21ClFN7O.